The fourth-order valence-electron chi connectivity index (χ4n) is 1.94. The van der Waals surface area contributed by atoms with Gasteiger partial charge < -0.3 is 11.1 Å². The Kier molecular flexibility index (Phi) is 3.60. The summed E-state index contributed by atoms with van der Waals surface area (Å²) >= 11 is 5.24. The number of halogens is 1. The molecule has 0 saturated carbocycles. The van der Waals surface area contributed by atoms with E-state index in [4.69, 9.17) is 5.73 Å². The predicted molar refractivity (Wildman–Crippen MR) is 64.5 cm³/mol. The summed E-state index contributed by atoms with van der Waals surface area (Å²) in [6, 6.07) is 4.45. The highest BCUT2D eigenvalue weighted by Gasteiger charge is 2.22. The minimum absolute atomic E-state index is 0.230. The van der Waals surface area contributed by atoms with Crippen molar-refractivity contribution >= 4 is 27.3 Å². The Balaban J connectivity index is 2.03. The molecule has 14 heavy (non-hydrogen) atoms. The van der Waals surface area contributed by atoms with Crippen LogP contribution in [0.5, 0.6) is 0 Å². The van der Waals surface area contributed by atoms with E-state index in [0.29, 0.717) is 5.92 Å². The molecule has 0 spiro atoms. The molecule has 0 aromatic carbocycles. The van der Waals surface area contributed by atoms with Crippen molar-refractivity contribution in [1.82, 2.24) is 5.32 Å². The van der Waals surface area contributed by atoms with E-state index >= 15 is 0 Å². The second kappa shape index (κ2) is 4.75. The second-order valence-corrected chi connectivity index (χ2v) is 6.25. The summed E-state index contributed by atoms with van der Waals surface area (Å²) in [4.78, 5) is 1.31. The topological polar surface area (TPSA) is 38.0 Å². The van der Waals surface area contributed by atoms with Crippen LogP contribution in [0, 0.1) is 5.92 Å². The molecule has 0 bridgehead atoms. The van der Waals surface area contributed by atoms with Gasteiger partial charge in [-0.25, -0.2) is 0 Å². The molecule has 0 radical (unpaired) electrons. The van der Waals surface area contributed by atoms with Crippen molar-refractivity contribution in [3.8, 4) is 0 Å². The molecule has 1 atom stereocenters. The van der Waals surface area contributed by atoms with Crippen LogP contribution in [0.3, 0.4) is 0 Å². The first-order valence-electron chi connectivity index (χ1n) is 4.99. The van der Waals surface area contributed by atoms with Crippen molar-refractivity contribution in [2.24, 2.45) is 11.7 Å². The zero-order valence-corrected chi connectivity index (χ0v) is 10.4. The summed E-state index contributed by atoms with van der Waals surface area (Å²) in [6.07, 6.45) is 2.41. The van der Waals surface area contributed by atoms with Crippen molar-refractivity contribution in [2.75, 3.05) is 13.1 Å². The number of hydrogen-bond donors (Lipinski definition) is 2. The summed E-state index contributed by atoms with van der Waals surface area (Å²) in [6.45, 7) is 2.23. The fraction of sp³-hybridized carbons (Fsp3) is 0.600. The maximum atomic E-state index is 6.24. The van der Waals surface area contributed by atoms with E-state index in [2.05, 4.69) is 33.4 Å². The van der Waals surface area contributed by atoms with Crippen molar-refractivity contribution in [1.29, 1.82) is 0 Å². The van der Waals surface area contributed by atoms with Gasteiger partial charge in [0, 0.05) is 10.9 Å². The van der Waals surface area contributed by atoms with Crippen molar-refractivity contribution < 1.29 is 0 Å². The van der Waals surface area contributed by atoms with Gasteiger partial charge in [0.25, 0.3) is 0 Å². The standard InChI is InChI=1S/C10H15BrN2S/c11-9-2-1-8(14-9)10(12)7-3-5-13-6-4-7/h1-2,7,10,13H,3-6,12H2/t10-/m1/s1. The molecular formula is C10H15BrN2S. The number of hydrogen-bond acceptors (Lipinski definition) is 3. The largest absolute Gasteiger partial charge is 0.323 e. The van der Waals surface area contributed by atoms with Gasteiger partial charge in [0.15, 0.2) is 0 Å². The van der Waals surface area contributed by atoms with E-state index in [1.165, 1.54) is 21.5 Å². The zero-order chi connectivity index (χ0) is 9.97. The number of nitrogens with one attached hydrogen (secondary N) is 1. The quantitative estimate of drug-likeness (QED) is 0.870. The van der Waals surface area contributed by atoms with Crippen LogP contribution in [0.2, 0.25) is 0 Å². The third-order valence-electron chi connectivity index (χ3n) is 2.81. The Morgan fingerprint density at radius 2 is 2.14 bits per heavy atom. The van der Waals surface area contributed by atoms with Crippen LogP contribution in [-0.4, -0.2) is 13.1 Å². The number of piperidine rings is 1. The molecule has 2 nitrogen and oxygen atoms in total. The van der Waals surface area contributed by atoms with E-state index in [-0.39, 0.29) is 6.04 Å². The lowest BCUT2D eigenvalue weighted by molar-refractivity contribution is 0.325. The molecule has 1 aromatic rings. The summed E-state index contributed by atoms with van der Waals surface area (Å²) < 4.78 is 1.18. The highest BCUT2D eigenvalue weighted by Crippen LogP contribution is 2.33. The van der Waals surface area contributed by atoms with Crippen LogP contribution in [-0.2, 0) is 0 Å². The summed E-state index contributed by atoms with van der Waals surface area (Å²) in [7, 11) is 0. The van der Waals surface area contributed by atoms with Crippen molar-refractivity contribution in [2.45, 2.75) is 18.9 Å². The highest BCUT2D eigenvalue weighted by molar-refractivity contribution is 9.11. The number of thiophene rings is 1. The molecular weight excluding hydrogens is 260 g/mol. The summed E-state index contributed by atoms with van der Waals surface area (Å²) in [5.74, 6) is 0.654. The van der Waals surface area contributed by atoms with Gasteiger partial charge in [-0.15, -0.1) is 11.3 Å². The first kappa shape index (κ1) is 10.6. The molecule has 1 aromatic heterocycles. The molecule has 1 saturated heterocycles. The van der Waals surface area contributed by atoms with Crippen LogP contribution in [0.4, 0.5) is 0 Å². The molecule has 2 heterocycles. The van der Waals surface area contributed by atoms with Crippen LogP contribution in [0.1, 0.15) is 23.8 Å². The monoisotopic (exact) mass is 274 g/mol. The van der Waals surface area contributed by atoms with Crippen molar-refractivity contribution in [3.05, 3.63) is 20.8 Å². The van der Waals surface area contributed by atoms with Gasteiger partial charge in [-0.2, -0.15) is 0 Å². The van der Waals surface area contributed by atoms with Gasteiger partial charge in [-0.05, 0) is 59.9 Å². The number of nitrogens with two attached hydrogens (primary N) is 1. The Bertz CT molecular complexity index is 294. The van der Waals surface area contributed by atoms with E-state index in [1.54, 1.807) is 11.3 Å². The van der Waals surface area contributed by atoms with Crippen LogP contribution in [0.25, 0.3) is 0 Å². The van der Waals surface area contributed by atoms with Gasteiger partial charge in [0.1, 0.15) is 0 Å². The Morgan fingerprint density at radius 1 is 1.43 bits per heavy atom. The molecule has 1 aliphatic rings. The van der Waals surface area contributed by atoms with E-state index in [1.807, 2.05) is 0 Å². The summed E-state index contributed by atoms with van der Waals surface area (Å²) in [5.41, 5.74) is 6.24. The molecule has 1 aliphatic heterocycles. The molecule has 0 aliphatic carbocycles. The minimum atomic E-state index is 0.230. The van der Waals surface area contributed by atoms with Crippen LogP contribution < -0.4 is 11.1 Å². The first-order valence-corrected chi connectivity index (χ1v) is 6.60. The van der Waals surface area contributed by atoms with Gasteiger partial charge in [-0.1, -0.05) is 0 Å². The highest BCUT2D eigenvalue weighted by atomic mass is 79.9. The fourth-order valence-corrected chi connectivity index (χ4v) is 3.46. The molecule has 4 heteroatoms. The van der Waals surface area contributed by atoms with E-state index < -0.39 is 0 Å². The molecule has 2 rings (SSSR count). The second-order valence-electron chi connectivity index (χ2n) is 3.76. The van der Waals surface area contributed by atoms with E-state index in [9.17, 15) is 0 Å². The zero-order valence-electron chi connectivity index (χ0n) is 8.00. The Hall–Kier alpha value is 0.1000. The number of rotatable bonds is 2. The maximum Gasteiger partial charge on any atom is 0.0701 e. The smallest absolute Gasteiger partial charge is 0.0701 e. The average Bonchev–Trinajstić information content (AvgIpc) is 2.65. The lowest BCUT2D eigenvalue weighted by atomic mass is 9.90. The van der Waals surface area contributed by atoms with Crippen molar-refractivity contribution in [3.63, 3.8) is 0 Å². The predicted octanol–water partition coefficient (Wildman–Crippen LogP) is 2.51. The molecule has 0 amide bonds. The Labute approximate surface area is 97.0 Å². The van der Waals surface area contributed by atoms with Gasteiger partial charge >= 0.3 is 0 Å². The molecule has 78 valence electrons. The molecule has 3 N–H and O–H groups in total. The third kappa shape index (κ3) is 2.37. The lowest BCUT2D eigenvalue weighted by Crippen LogP contribution is -2.33. The van der Waals surface area contributed by atoms with Gasteiger partial charge in [0.05, 0.1) is 3.79 Å². The van der Waals surface area contributed by atoms with Gasteiger partial charge in [-0.3, -0.25) is 0 Å². The first-order chi connectivity index (χ1) is 6.77. The van der Waals surface area contributed by atoms with Crippen LogP contribution >= 0.6 is 27.3 Å². The summed E-state index contributed by atoms with van der Waals surface area (Å²) in [5, 5.41) is 3.36. The molecule has 1 fully saturated rings. The molecule has 0 unspecified atom stereocenters. The van der Waals surface area contributed by atoms with Gasteiger partial charge in [0.2, 0.25) is 0 Å². The normalized spacial score (nSPS) is 21.0. The average molecular weight is 275 g/mol. The van der Waals surface area contributed by atoms with Crippen LogP contribution in [0.15, 0.2) is 15.9 Å². The Morgan fingerprint density at radius 3 is 2.71 bits per heavy atom. The van der Waals surface area contributed by atoms with E-state index in [0.717, 1.165) is 13.1 Å². The third-order valence-corrected chi connectivity index (χ3v) is 4.54. The SMILES string of the molecule is N[C@@H](c1ccc(Br)s1)C1CCNCC1. The maximum absolute atomic E-state index is 6.24. The lowest BCUT2D eigenvalue weighted by Gasteiger charge is -2.27. The minimum Gasteiger partial charge on any atom is -0.323 e.